The first-order valence-corrected chi connectivity index (χ1v) is 7.37. The molecular formula is C14H19N3OS2. The van der Waals surface area contributed by atoms with Crippen LogP contribution in [0.25, 0.3) is 0 Å². The first kappa shape index (κ1) is 15.0. The highest BCUT2D eigenvalue weighted by Crippen LogP contribution is 2.15. The van der Waals surface area contributed by atoms with Crippen molar-refractivity contribution < 1.29 is 4.74 Å². The van der Waals surface area contributed by atoms with Gasteiger partial charge in [-0.25, -0.2) is 0 Å². The average molecular weight is 309 g/mol. The molecule has 1 fully saturated rings. The molecule has 0 unspecified atom stereocenters. The topological polar surface area (TPSA) is 27.7 Å². The van der Waals surface area contributed by atoms with Crippen molar-refractivity contribution in [1.82, 2.24) is 15.1 Å². The summed E-state index contributed by atoms with van der Waals surface area (Å²) in [6.45, 7) is 3.59. The van der Waals surface area contributed by atoms with Gasteiger partial charge in [-0.2, -0.15) is 0 Å². The van der Waals surface area contributed by atoms with Crippen LogP contribution in [0.5, 0.6) is 5.75 Å². The number of methoxy groups -OCH3 is 1. The van der Waals surface area contributed by atoms with E-state index in [1.165, 1.54) is 0 Å². The fourth-order valence-electron chi connectivity index (χ4n) is 2.19. The molecule has 1 aliphatic rings. The Kier molecular flexibility index (Phi) is 5.14. The molecule has 0 aliphatic carbocycles. The van der Waals surface area contributed by atoms with Crippen molar-refractivity contribution in [3.8, 4) is 5.75 Å². The predicted molar refractivity (Wildman–Crippen MR) is 89.5 cm³/mol. The first-order chi connectivity index (χ1) is 9.65. The average Bonchev–Trinajstić information content (AvgIpc) is 2.53. The van der Waals surface area contributed by atoms with Crippen molar-refractivity contribution in [2.45, 2.75) is 0 Å². The van der Waals surface area contributed by atoms with E-state index < -0.39 is 0 Å². The maximum atomic E-state index is 5.57. The van der Waals surface area contributed by atoms with E-state index in [1.807, 2.05) is 31.3 Å². The number of rotatable bonds is 2. The van der Waals surface area contributed by atoms with Crippen molar-refractivity contribution >= 4 is 34.5 Å². The fraction of sp³-hybridized carbons (Fsp3) is 0.429. The Morgan fingerprint density at radius 3 is 2.10 bits per heavy atom. The number of hydrogen-bond donors (Lipinski definition) is 1. The second-order valence-electron chi connectivity index (χ2n) is 4.56. The van der Waals surface area contributed by atoms with E-state index in [0.717, 1.165) is 47.6 Å². The predicted octanol–water partition coefficient (Wildman–Crippen LogP) is 1.49. The zero-order chi connectivity index (χ0) is 14.5. The van der Waals surface area contributed by atoms with E-state index in [-0.39, 0.29) is 0 Å². The molecule has 2 rings (SSSR count). The second kappa shape index (κ2) is 6.85. The number of nitrogens with one attached hydrogen (secondary N) is 1. The molecule has 1 saturated heterocycles. The molecule has 1 aromatic rings. The number of hydrogen-bond acceptors (Lipinski definition) is 3. The second-order valence-corrected chi connectivity index (χ2v) is 5.34. The van der Waals surface area contributed by atoms with Crippen LogP contribution in [-0.2, 0) is 0 Å². The lowest BCUT2D eigenvalue weighted by molar-refractivity contribution is 0.261. The van der Waals surface area contributed by atoms with Gasteiger partial charge in [0.15, 0.2) is 5.11 Å². The molecule has 0 radical (unpaired) electrons. The summed E-state index contributed by atoms with van der Waals surface area (Å²) in [7, 11) is 3.52. The monoisotopic (exact) mass is 309 g/mol. The van der Waals surface area contributed by atoms with Crippen LogP contribution in [0, 0.1) is 0 Å². The molecular weight excluding hydrogens is 290 g/mol. The van der Waals surface area contributed by atoms with E-state index in [2.05, 4.69) is 15.1 Å². The highest BCUT2D eigenvalue weighted by molar-refractivity contribution is 7.80. The lowest BCUT2D eigenvalue weighted by atomic mass is 10.2. The van der Waals surface area contributed by atoms with Crippen molar-refractivity contribution in [3.05, 3.63) is 29.8 Å². The summed E-state index contributed by atoms with van der Waals surface area (Å²) in [6.07, 6.45) is 0. The minimum Gasteiger partial charge on any atom is -0.497 e. The van der Waals surface area contributed by atoms with E-state index >= 15 is 0 Å². The molecule has 20 heavy (non-hydrogen) atoms. The van der Waals surface area contributed by atoms with Crippen LogP contribution in [0.2, 0.25) is 0 Å². The van der Waals surface area contributed by atoms with Gasteiger partial charge in [-0.1, -0.05) is 12.2 Å². The summed E-state index contributed by atoms with van der Waals surface area (Å²) in [6, 6.07) is 7.89. The zero-order valence-electron chi connectivity index (χ0n) is 11.8. The van der Waals surface area contributed by atoms with Crippen LogP contribution in [0.4, 0.5) is 0 Å². The lowest BCUT2D eigenvalue weighted by Gasteiger charge is -2.37. The number of benzene rings is 1. The van der Waals surface area contributed by atoms with Gasteiger partial charge in [-0.15, -0.1) is 0 Å². The highest BCUT2D eigenvalue weighted by Gasteiger charge is 2.20. The van der Waals surface area contributed by atoms with Crippen molar-refractivity contribution in [3.63, 3.8) is 0 Å². The maximum absolute atomic E-state index is 5.57. The van der Waals surface area contributed by atoms with Crippen molar-refractivity contribution in [2.24, 2.45) is 0 Å². The molecule has 0 amide bonds. The highest BCUT2D eigenvalue weighted by atomic mass is 32.1. The quantitative estimate of drug-likeness (QED) is 0.832. The van der Waals surface area contributed by atoms with Gasteiger partial charge in [0.25, 0.3) is 0 Å². The minimum atomic E-state index is 0.806. The van der Waals surface area contributed by atoms with Gasteiger partial charge in [0.1, 0.15) is 10.7 Å². The number of piperazine rings is 1. The summed E-state index contributed by atoms with van der Waals surface area (Å²) in [5.74, 6) is 0.848. The standard InChI is InChI=1S/C14H19N3OS2/c1-15-14(20)17-9-7-16(8-10-17)13(19)11-3-5-12(18-2)6-4-11/h3-6H,7-10H2,1-2H3,(H,15,20). The normalized spacial score (nSPS) is 14.9. The van der Waals surface area contributed by atoms with Crippen LogP contribution >= 0.6 is 24.4 Å². The third kappa shape index (κ3) is 3.37. The third-order valence-electron chi connectivity index (χ3n) is 3.40. The third-order valence-corrected chi connectivity index (χ3v) is 4.36. The molecule has 108 valence electrons. The Morgan fingerprint density at radius 1 is 1.05 bits per heavy atom. The van der Waals surface area contributed by atoms with Gasteiger partial charge in [0, 0.05) is 38.8 Å². The van der Waals surface area contributed by atoms with Crippen molar-refractivity contribution in [1.29, 1.82) is 0 Å². The lowest BCUT2D eigenvalue weighted by Crippen LogP contribution is -2.52. The Balaban J connectivity index is 1.95. The summed E-state index contributed by atoms with van der Waals surface area (Å²) in [5.41, 5.74) is 1.06. The molecule has 1 N–H and O–H groups in total. The zero-order valence-corrected chi connectivity index (χ0v) is 13.4. The molecule has 1 heterocycles. The molecule has 0 atom stereocenters. The van der Waals surface area contributed by atoms with E-state index in [1.54, 1.807) is 7.11 Å². The van der Waals surface area contributed by atoms with E-state index in [4.69, 9.17) is 29.2 Å². The van der Waals surface area contributed by atoms with Crippen LogP contribution < -0.4 is 10.1 Å². The molecule has 0 saturated carbocycles. The summed E-state index contributed by atoms with van der Waals surface area (Å²) < 4.78 is 5.16. The largest absolute Gasteiger partial charge is 0.497 e. The maximum Gasteiger partial charge on any atom is 0.168 e. The molecule has 4 nitrogen and oxygen atoms in total. The molecule has 1 aromatic carbocycles. The van der Waals surface area contributed by atoms with Crippen molar-refractivity contribution in [2.75, 3.05) is 40.3 Å². The van der Waals surface area contributed by atoms with Crippen LogP contribution in [0.1, 0.15) is 5.56 Å². The Morgan fingerprint density at radius 2 is 1.60 bits per heavy atom. The summed E-state index contributed by atoms with van der Waals surface area (Å²) >= 11 is 10.8. The fourth-order valence-corrected chi connectivity index (χ4v) is 2.69. The number of thiocarbonyl (C=S) groups is 2. The smallest absolute Gasteiger partial charge is 0.168 e. The van der Waals surface area contributed by atoms with Crippen LogP contribution in [-0.4, -0.2) is 60.2 Å². The van der Waals surface area contributed by atoms with Crippen LogP contribution in [0.3, 0.4) is 0 Å². The van der Waals surface area contributed by atoms with E-state index in [0.29, 0.717) is 0 Å². The van der Waals surface area contributed by atoms with E-state index in [9.17, 15) is 0 Å². The summed E-state index contributed by atoms with van der Waals surface area (Å²) in [4.78, 5) is 5.29. The van der Waals surface area contributed by atoms with Gasteiger partial charge in [-0.3, -0.25) is 0 Å². The van der Waals surface area contributed by atoms with Gasteiger partial charge < -0.3 is 19.9 Å². The van der Waals surface area contributed by atoms with Crippen LogP contribution in [0.15, 0.2) is 24.3 Å². The summed E-state index contributed by atoms with van der Waals surface area (Å²) in [5, 5.41) is 3.82. The van der Waals surface area contributed by atoms with Gasteiger partial charge in [0.05, 0.1) is 7.11 Å². The van der Waals surface area contributed by atoms with Gasteiger partial charge in [-0.05, 0) is 36.5 Å². The molecule has 6 heteroatoms. The Bertz CT molecular complexity index is 482. The molecule has 1 aliphatic heterocycles. The SMILES string of the molecule is CNC(=S)N1CCN(C(=S)c2ccc(OC)cc2)CC1. The van der Waals surface area contributed by atoms with Gasteiger partial charge >= 0.3 is 0 Å². The molecule has 0 bridgehead atoms. The number of ether oxygens (including phenoxy) is 1. The first-order valence-electron chi connectivity index (χ1n) is 6.55. The molecule has 0 spiro atoms. The molecule has 0 aromatic heterocycles. The Labute approximate surface area is 130 Å². The number of nitrogens with zero attached hydrogens (tertiary/aromatic N) is 2. The Hall–Kier alpha value is -1.40. The van der Waals surface area contributed by atoms with Gasteiger partial charge in [0.2, 0.25) is 0 Å². The minimum absolute atomic E-state index is 0.806.